The van der Waals surface area contributed by atoms with Crippen LogP contribution < -0.4 is 4.74 Å². The number of amides is 1. The van der Waals surface area contributed by atoms with Gasteiger partial charge in [0.25, 0.3) is 11.8 Å². The van der Waals surface area contributed by atoms with E-state index in [4.69, 9.17) is 4.74 Å². The maximum atomic E-state index is 14.6. The van der Waals surface area contributed by atoms with Gasteiger partial charge in [0.2, 0.25) is 0 Å². The Morgan fingerprint density at radius 1 is 1.27 bits per heavy atom. The minimum absolute atomic E-state index is 0.0863. The molecule has 10 heteroatoms. The van der Waals surface area contributed by atoms with Crippen LogP contribution in [0.2, 0.25) is 0 Å². The Hall–Kier alpha value is -4.17. The van der Waals surface area contributed by atoms with Crippen LogP contribution in [0.15, 0.2) is 88.3 Å². The van der Waals surface area contributed by atoms with Gasteiger partial charge >= 0.3 is 0 Å². The van der Waals surface area contributed by atoms with Crippen LogP contribution >= 0.6 is 0 Å². The number of carbonyl (C=O) groups is 1. The van der Waals surface area contributed by atoms with Crippen LogP contribution in [0.25, 0.3) is 11.3 Å². The molecule has 1 aliphatic heterocycles. The molecule has 2 heterocycles. The molecule has 4 rings (SSSR count). The third kappa shape index (κ3) is 7.27. The number of aromatic nitrogens is 3. The molecule has 0 spiro atoms. The minimum Gasteiger partial charge on any atom is -0.462 e. The van der Waals surface area contributed by atoms with Gasteiger partial charge in [-0.3, -0.25) is 14.7 Å². The molecule has 2 aromatic rings. The summed E-state index contributed by atoms with van der Waals surface area (Å²) < 4.78 is 50.1. The number of benzene rings is 1. The molecule has 0 N–H and O–H groups in total. The van der Waals surface area contributed by atoms with Gasteiger partial charge in [-0.25, -0.2) is 17.9 Å². The van der Waals surface area contributed by atoms with Crippen molar-refractivity contribution >= 4 is 11.6 Å². The zero-order chi connectivity index (χ0) is 28.9. The van der Waals surface area contributed by atoms with E-state index in [1.54, 1.807) is 6.20 Å². The Bertz CT molecular complexity index is 1430. The van der Waals surface area contributed by atoms with Crippen molar-refractivity contribution < 1.29 is 22.7 Å². The number of hydrogen-bond acceptors (Lipinski definition) is 5. The maximum Gasteiger partial charge on any atom is 0.263 e. The van der Waals surface area contributed by atoms with E-state index in [-0.39, 0.29) is 24.1 Å². The summed E-state index contributed by atoms with van der Waals surface area (Å²) in [5.74, 6) is -2.82. The fraction of sp³-hybridized carbons (Fsp3) is 0.367. The normalized spacial score (nSPS) is 17.8. The highest BCUT2D eigenvalue weighted by Gasteiger charge is 2.36. The Labute approximate surface area is 231 Å². The first-order valence-corrected chi connectivity index (χ1v) is 13.1. The van der Waals surface area contributed by atoms with Gasteiger partial charge in [0.05, 0.1) is 25.0 Å². The Morgan fingerprint density at radius 2 is 2.02 bits per heavy atom. The summed E-state index contributed by atoms with van der Waals surface area (Å²) in [6.45, 7) is 6.30. The average molecular weight is 552 g/mol. The molecule has 40 heavy (non-hydrogen) atoms. The standard InChI is InChI=1S/C30H32F3N5O2/c1-5-24(15-16-34-20(2)3)40-25-12-9-21(10-13-25)27-18-38(36-35-27)28-14-11-22-17-23(7-6-8-26(22)31)37(29(28)39)19-30(4,32)33/h6-10,12-13,15,18,28H,5,11,14,16,19H2,1-4H3. The fourth-order valence-corrected chi connectivity index (χ4v) is 4.30. The van der Waals surface area contributed by atoms with Gasteiger partial charge in [-0.15, -0.1) is 5.10 Å². The first-order valence-electron chi connectivity index (χ1n) is 13.1. The lowest BCUT2D eigenvalue weighted by Crippen LogP contribution is -2.42. The number of allylic oxidation sites excluding steroid dienone is 5. The lowest BCUT2D eigenvalue weighted by Gasteiger charge is -2.30. The molecule has 0 fully saturated rings. The van der Waals surface area contributed by atoms with E-state index >= 15 is 0 Å². The lowest BCUT2D eigenvalue weighted by molar-refractivity contribution is -0.137. The topological polar surface area (TPSA) is 72.6 Å². The van der Waals surface area contributed by atoms with Crippen LogP contribution in [0.4, 0.5) is 13.2 Å². The van der Waals surface area contributed by atoms with Crippen molar-refractivity contribution in [3.05, 3.63) is 83.4 Å². The summed E-state index contributed by atoms with van der Waals surface area (Å²) >= 11 is 0. The van der Waals surface area contributed by atoms with Crippen LogP contribution in [0, 0.1) is 0 Å². The van der Waals surface area contributed by atoms with Gasteiger partial charge in [-0.05, 0) is 69.2 Å². The van der Waals surface area contributed by atoms with Gasteiger partial charge in [0.15, 0.2) is 0 Å². The van der Waals surface area contributed by atoms with Crippen molar-refractivity contribution in [3.8, 4) is 17.0 Å². The molecule has 1 aromatic heterocycles. The molecule has 2 bridgehead atoms. The van der Waals surface area contributed by atoms with Gasteiger partial charge in [0.1, 0.15) is 29.1 Å². The SMILES string of the molecule is CCC(=CCN=C(C)C)Oc1ccc(-c2cn(C3CCC4=C=C(C=CC=C4F)N(CC(C)(F)F)C3=O)nn2)cc1. The number of halogens is 3. The zero-order valence-electron chi connectivity index (χ0n) is 23.0. The zero-order valence-corrected chi connectivity index (χ0v) is 23.0. The Balaban J connectivity index is 1.56. The summed E-state index contributed by atoms with van der Waals surface area (Å²) in [6.07, 6.45) is 8.61. The van der Waals surface area contributed by atoms with Crippen LogP contribution in [0.3, 0.4) is 0 Å². The predicted octanol–water partition coefficient (Wildman–Crippen LogP) is 6.75. The van der Waals surface area contributed by atoms with Crippen LogP contribution in [0.5, 0.6) is 5.75 Å². The molecule has 0 radical (unpaired) electrons. The van der Waals surface area contributed by atoms with E-state index in [0.717, 1.165) is 28.9 Å². The number of carbonyl (C=O) groups excluding carboxylic acids is 1. The number of ether oxygens (including phenoxy) is 1. The molecule has 0 saturated heterocycles. The first kappa shape index (κ1) is 28.8. The van der Waals surface area contributed by atoms with Gasteiger partial charge in [-0.2, -0.15) is 0 Å². The molecule has 1 unspecified atom stereocenters. The van der Waals surface area contributed by atoms with Gasteiger partial charge < -0.3 is 4.74 Å². The van der Waals surface area contributed by atoms with Gasteiger partial charge in [-0.1, -0.05) is 23.9 Å². The van der Waals surface area contributed by atoms with E-state index in [9.17, 15) is 18.0 Å². The van der Waals surface area contributed by atoms with Crippen LogP contribution in [-0.2, 0) is 4.79 Å². The highest BCUT2D eigenvalue weighted by atomic mass is 19.3. The summed E-state index contributed by atoms with van der Waals surface area (Å²) in [6, 6.07) is 6.31. The van der Waals surface area contributed by atoms with Crippen molar-refractivity contribution in [2.45, 2.75) is 58.9 Å². The van der Waals surface area contributed by atoms with E-state index in [0.29, 0.717) is 24.4 Å². The second-order valence-electron chi connectivity index (χ2n) is 9.93. The molecule has 210 valence electrons. The molecule has 1 amide bonds. The van der Waals surface area contributed by atoms with Crippen molar-refractivity contribution in [1.82, 2.24) is 19.9 Å². The second kappa shape index (κ2) is 12.3. The largest absolute Gasteiger partial charge is 0.462 e. The smallest absolute Gasteiger partial charge is 0.263 e. The van der Waals surface area contributed by atoms with Crippen molar-refractivity contribution in [2.75, 3.05) is 13.1 Å². The molecular weight excluding hydrogens is 519 g/mol. The fourth-order valence-electron chi connectivity index (χ4n) is 4.30. The quantitative estimate of drug-likeness (QED) is 0.196. The Kier molecular flexibility index (Phi) is 8.90. The summed E-state index contributed by atoms with van der Waals surface area (Å²) in [5.41, 5.74) is 5.35. The summed E-state index contributed by atoms with van der Waals surface area (Å²) in [4.78, 5) is 18.9. The third-order valence-corrected chi connectivity index (χ3v) is 6.31. The van der Waals surface area contributed by atoms with E-state index < -0.39 is 30.2 Å². The molecule has 7 nitrogen and oxygen atoms in total. The minimum atomic E-state index is -3.17. The first-order chi connectivity index (χ1) is 19.0. The molecule has 0 saturated carbocycles. The number of rotatable bonds is 9. The number of alkyl halides is 2. The molecule has 2 aliphatic rings. The number of hydrogen-bond donors (Lipinski definition) is 0. The van der Waals surface area contributed by atoms with Crippen LogP contribution in [0.1, 0.15) is 53.0 Å². The van der Waals surface area contributed by atoms with E-state index in [2.05, 4.69) is 21.0 Å². The number of aliphatic imine (C=N–C) groups is 1. The Morgan fingerprint density at radius 3 is 2.70 bits per heavy atom. The molecule has 1 atom stereocenters. The number of nitrogens with zero attached hydrogens (tertiary/aromatic N) is 5. The third-order valence-electron chi connectivity index (χ3n) is 6.31. The maximum absolute atomic E-state index is 14.6. The molecule has 1 aliphatic carbocycles. The van der Waals surface area contributed by atoms with Crippen LogP contribution in [-0.4, -0.2) is 50.5 Å². The van der Waals surface area contributed by atoms with Crippen molar-refractivity contribution in [3.63, 3.8) is 0 Å². The lowest BCUT2D eigenvalue weighted by atomic mass is 10.0. The average Bonchev–Trinajstić information content (AvgIpc) is 3.30. The second-order valence-corrected chi connectivity index (χ2v) is 9.93. The highest BCUT2D eigenvalue weighted by Crippen LogP contribution is 2.32. The van der Waals surface area contributed by atoms with Crippen molar-refractivity contribution in [1.29, 1.82) is 0 Å². The van der Waals surface area contributed by atoms with E-state index in [1.165, 1.54) is 22.9 Å². The molecule has 1 aromatic carbocycles. The predicted molar refractivity (Wildman–Crippen MR) is 148 cm³/mol. The molecular formula is C30H32F3N5O2. The summed E-state index contributed by atoms with van der Waals surface area (Å²) in [5, 5.41) is 8.37. The van der Waals surface area contributed by atoms with E-state index in [1.807, 2.05) is 51.1 Å². The summed E-state index contributed by atoms with van der Waals surface area (Å²) in [7, 11) is 0. The van der Waals surface area contributed by atoms with Crippen molar-refractivity contribution in [2.24, 2.45) is 4.99 Å². The highest BCUT2D eigenvalue weighted by molar-refractivity contribution is 5.83. The monoisotopic (exact) mass is 551 g/mol. The van der Waals surface area contributed by atoms with Gasteiger partial charge in [0, 0.05) is 30.2 Å².